The Kier molecular flexibility index (Phi) is 2.99. The molecule has 0 radical (unpaired) electrons. The second-order valence-corrected chi connectivity index (χ2v) is 3.83. The maximum absolute atomic E-state index is 11.2. The molecule has 90 valence electrons. The molecule has 1 aromatic rings. The van der Waals surface area contributed by atoms with Crippen LogP contribution >= 0.6 is 0 Å². The Hall–Kier alpha value is -2.04. The van der Waals surface area contributed by atoms with Crippen LogP contribution in [0.4, 0.5) is 0 Å². The van der Waals surface area contributed by atoms with Crippen LogP contribution in [0.5, 0.6) is 5.75 Å². The fourth-order valence-corrected chi connectivity index (χ4v) is 1.87. The first-order valence-electron chi connectivity index (χ1n) is 5.18. The maximum atomic E-state index is 11.2. The summed E-state index contributed by atoms with van der Waals surface area (Å²) in [5.74, 6) is -1.63. The Morgan fingerprint density at radius 2 is 2.06 bits per heavy atom. The highest BCUT2D eigenvalue weighted by atomic mass is 16.6. The molecule has 1 aliphatic rings. The fraction of sp³-hybridized carbons (Fsp3) is 0.333. The Morgan fingerprint density at radius 1 is 1.41 bits per heavy atom. The second-order valence-electron chi connectivity index (χ2n) is 3.83. The first kappa shape index (κ1) is 11.4. The standard InChI is InChI=1S/C12H12O5/c1-16-8-4-2-7(3-5-8)11-9(12(14)15)6-10(13)17-11/h2-5,9,11H,6H2,1H3,(H,14,15)/t9-,11+/m1/s1. The number of carbonyl (C=O) groups is 2. The van der Waals surface area contributed by atoms with Crippen molar-refractivity contribution in [3.8, 4) is 5.75 Å². The van der Waals surface area contributed by atoms with E-state index < -0.39 is 24.0 Å². The minimum Gasteiger partial charge on any atom is -0.497 e. The normalized spacial score (nSPS) is 23.2. The smallest absolute Gasteiger partial charge is 0.311 e. The van der Waals surface area contributed by atoms with E-state index >= 15 is 0 Å². The van der Waals surface area contributed by atoms with E-state index in [0.29, 0.717) is 11.3 Å². The number of hydrogen-bond acceptors (Lipinski definition) is 4. The Bertz CT molecular complexity index is 437. The van der Waals surface area contributed by atoms with Crippen LogP contribution in [0.15, 0.2) is 24.3 Å². The first-order valence-corrected chi connectivity index (χ1v) is 5.18. The zero-order chi connectivity index (χ0) is 12.4. The molecule has 0 saturated carbocycles. The number of benzene rings is 1. The van der Waals surface area contributed by atoms with Crippen LogP contribution in [0.25, 0.3) is 0 Å². The average molecular weight is 236 g/mol. The van der Waals surface area contributed by atoms with Crippen LogP contribution in [0.3, 0.4) is 0 Å². The van der Waals surface area contributed by atoms with Gasteiger partial charge < -0.3 is 14.6 Å². The van der Waals surface area contributed by atoms with Gasteiger partial charge in [0.1, 0.15) is 17.8 Å². The van der Waals surface area contributed by atoms with Gasteiger partial charge in [0.05, 0.1) is 13.5 Å². The molecule has 5 nitrogen and oxygen atoms in total. The predicted octanol–water partition coefficient (Wildman–Crippen LogP) is 1.38. The molecule has 17 heavy (non-hydrogen) atoms. The van der Waals surface area contributed by atoms with Crippen molar-refractivity contribution in [1.82, 2.24) is 0 Å². The van der Waals surface area contributed by atoms with Gasteiger partial charge >= 0.3 is 11.9 Å². The largest absolute Gasteiger partial charge is 0.497 e. The van der Waals surface area contributed by atoms with Gasteiger partial charge in [0.15, 0.2) is 0 Å². The summed E-state index contributed by atoms with van der Waals surface area (Å²) in [7, 11) is 1.55. The number of carbonyl (C=O) groups excluding carboxylic acids is 1. The molecule has 0 bridgehead atoms. The highest BCUT2D eigenvalue weighted by molar-refractivity contribution is 5.82. The molecule has 2 atom stereocenters. The van der Waals surface area contributed by atoms with E-state index in [9.17, 15) is 9.59 Å². The van der Waals surface area contributed by atoms with Gasteiger partial charge in [-0.15, -0.1) is 0 Å². The number of ether oxygens (including phenoxy) is 2. The second kappa shape index (κ2) is 4.45. The topological polar surface area (TPSA) is 72.8 Å². The highest BCUT2D eigenvalue weighted by Gasteiger charge is 2.40. The van der Waals surface area contributed by atoms with Gasteiger partial charge in [-0.25, -0.2) is 0 Å². The van der Waals surface area contributed by atoms with Crippen LogP contribution in [-0.2, 0) is 14.3 Å². The molecule has 2 rings (SSSR count). The van der Waals surface area contributed by atoms with Crippen molar-refractivity contribution in [2.75, 3.05) is 7.11 Å². The van der Waals surface area contributed by atoms with E-state index in [0.717, 1.165) is 0 Å². The molecule has 1 saturated heterocycles. The van der Waals surface area contributed by atoms with Gasteiger partial charge in [0.25, 0.3) is 0 Å². The molecular weight excluding hydrogens is 224 g/mol. The van der Waals surface area contributed by atoms with Crippen LogP contribution in [0, 0.1) is 5.92 Å². The molecule has 0 spiro atoms. The Labute approximate surface area is 98.0 Å². The Morgan fingerprint density at radius 3 is 2.59 bits per heavy atom. The van der Waals surface area contributed by atoms with E-state index in [1.807, 2.05) is 0 Å². The van der Waals surface area contributed by atoms with Crippen molar-refractivity contribution in [1.29, 1.82) is 0 Å². The lowest BCUT2D eigenvalue weighted by atomic mass is 9.95. The minimum absolute atomic E-state index is 0.0774. The highest BCUT2D eigenvalue weighted by Crippen LogP contribution is 2.35. The summed E-state index contributed by atoms with van der Waals surface area (Å²) in [4.78, 5) is 22.2. The van der Waals surface area contributed by atoms with Crippen molar-refractivity contribution in [3.63, 3.8) is 0 Å². The molecule has 0 aromatic heterocycles. The van der Waals surface area contributed by atoms with E-state index in [1.54, 1.807) is 31.4 Å². The molecule has 0 aliphatic carbocycles. The summed E-state index contributed by atoms with van der Waals surface area (Å²) >= 11 is 0. The summed E-state index contributed by atoms with van der Waals surface area (Å²) < 4.78 is 10.0. The lowest BCUT2D eigenvalue weighted by molar-refractivity contribution is -0.144. The third kappa shape index (κ3) is 2.22. The third-order valence-electron chi connectivity index (χ3n) is 2.77. The van der Waals surface area contributed by atoms with Crippen LogP contribution in [0.1, 0.15) is 18.1 Å². The molecule has 5 heteroatoms. The third-order valence-corrected chi connectivity index (χ3v) is 2.77. The summed E-state index contributed by atoms with van der Waals surface area (Å²) in [6.07, 6.45) is -0.780. The van der Waals surface area contributed by atoms with Gasteiger partial charge in [0.2, 0.25) is 0 Å². The molecule has 1 heterocycles. The number of cyclic esters (lactones) is 1. The number of aliphatic carboxylic acids is 1. The van der Waals surface area contributed by atoms with Crippen LogP contribution in [0.2, 0.25) is 0 Å². The van der Waals surface area contributed by atoms with Crippen LogP contribution in [-0.4, -0.2) is 24.2 Å². The minimum atomic E-state index is -1.02. The predicted molar refractivity (Wildman–Crippen MR) is 57.6 cm³/mol. The summed E-state index contributed by atoms with van der Waals surface area (Å²) in [5.41, 5.74) is 0.670. The lowest BCUT2D eigenvalue weighted by Gasteiger charge is -2.14. The van der Waals surface area contributed by atoms with Gasteiger partial charge in [-0.2, -0.15) is 0 Å². The van der Waals surface area contributed by atoms with Crippen molar-refractivity contribution < 1.29 is 24.2 Å². The molecule has 1 aromatic carbocycles. The molecule has 1 N–H and O–H groups in total. The summed E-state index contributed by atoms with van der Waals surface area (Å²) in [5, 5.41) is 9.01. The average Bonchev–Trinajstić information content (AvgIpc) is 2.72. The number of carboxylic acids is 1. The first-order chi connectivity index (χ1) is 8.11. The molecule has 0 amide bonds. The van der Waals surface area contributed by atoms with Gasteiger partial charge in [-0.05, 0) is 17.7 Å². The monoisotopic (exact) mass is 236 g/mol. The zero-order valence-electron chi connectivity index (χ0n) is 9.25. The van der Waals surface area contributed by atoms with E-state index in [4.69, 9.17) is 14.6 Å². The molecule has 0 unspecified atom stereocenters. The number of carboxylic acid groups (broad SMARTS) is 1. The van der Waals surface area contributed by atoms with Gasteiger partial charge in [-0.3, -0.25) is 9.59 Å². The number of methoxy groups -OCH3 is 1. The van der Waals surface area contributed by atoms with Crippen LogP contribution < -0.4 is 4.74 Å². The van der Waals surface area contributed by atoms with E-state index in [-0.39, 0.29) is 6.42 Å². The van der Waals surface area contributed by atoms with Crippen molar-refractivity contribution in [2.24, 2.45) is 5.92 Å². The summed E-state index contributed by atoms with van der Waals surface area (Å²) in [6, 6.07) is 6.83. The van der Waals surface area contributed by atoms with E-state index in [2.05, 4.69) is 0 Å². The maximum Gasteiger partial charge on any atom is 0.311 e. The Balaban J connectivity index is 2.25. The number of rotatable bonds is 3. The molecular formula is C12H12O5. The van der Waals surface area contributed by atoms with Gasteiger partial charge in [0, 0.05) is 0 Å². The SMILES string of the molecule is COc1ccc([C@@H]2OC(=O)C[C@H]2C(=O)O)cc1. The number of esters is 1. The quantitative estimate of drug-likeness (QED) is 0.803. The van der Waals surface area contributed by atoms with Crippen molar-refractivity contribution >= 4 is 11.9 Å². The zero-order valence-corrected chi connectivity index (χ0v) is 9.25. The summed E-state index contributed by atoms with van der Waals surface area (Å²) in [6.45, 7) is 0. The number of hydrogen-bond donors (Lipinski definition) is 1. The van der Waals surface area contributed by atoms with Crippen molar-refractivity contribution in [2.45, 2.75) is 12.5 Å². The molecule has 1 fully saturated rings. The molecule has 1 aliphatic heterocycles. The fourth-order valence-electron chi connectivity index (χ4n) is 1.87. The lowest BCUT2D eigenvalue weighted by Crippen LogP contribution is -2.17. The van der Waals surface area contributed by atoms with Crippen molar-refractivity contribution in [3.05, 3.63) is 29.8 Å². The van der Waals surface area contributed by atoms with E-state index in [1.165, 1.54) is 0 Å². The van der Waals surface area contributed by atoms with Gasteiger partial charge in [-0.1, -0.05) is 12.1 Å².